The van der Waals surface area contributed by atoms with Crippen molar-refractivity contribution in [1.82, 2.24) is 19.7 Å². The first-order valence-electron chi connectivity index (χ1n) is 10.6. The molecular weight excluding hydrogens is 426 g/mol. The van der Waals surface area contributed by atoms with Crippen molar-refractivity contribution in [3.8, 4) is 17.1 Å². The van der Waals surface area contributed by atoms with Crippen LogP contribution in [-0.2, 0) is 22.6 Å². The first-order chi connectivity index (χ1) is 15.6. The van der Waals surface area contributed by atoms with Crippen LogP contribution in [0.2, 0.25) is 0 Å². The van der Waals surface area contributed by atoms with Crippen molar-refractivity contribution < 1.29 is 14.3 Å². The standard InChI is InChI=1S/C23H27N5O3S/c1-30-20-7-5-18(6-8-20)22-25-26-23(32)28(22)10-9-21(29)24-19-4-2-3-17(15-19)16-27-11-13-31-14-12-27/h2-8,15H,9-14,16H2,1H3,(H,24,29)(H,26,32). The number of anilines is 1. The topological polar surface area (TPSA) is 84.4 Å². The number of morpholine rings is 1. The largest absolute Gasteiger partial charge is 0.497 e. The van der Waals surface area contributed by atoms with E-state index in [1.807, 2.05) is 47.0 Å². The molecule has 32 heavy (non-hydrogen) atoms. The lowest BCUT2D eigenvalue weighted by atomic mass is 10.1. The van der Waals surface area contributed by atoms with Gasteiger partial charge in [-0.2, -0.15) is 5.10 Å². The monoisotopic (exact) mass is 453 g/mol. The summed E-state index contributed by atoms with van der Waals surface area (Å²) in [5.74, 6) is 1.39. The first-order valence-corrected chi connectivity index (χ1v) is 11.0. The minimum Gasteiger partial charge on any atom is -0.497 e. The molecule has 2 aromatic carbocycles. The summed E-state index contributed by atoms with van der Waals surface area (Å²) in [6.07, 6.45) is 0.282. The highest BCUT2D eigenvalue weighted by atomic mass is 32.1. The van der Waals surface area contributed by atoms with E-state index in [2.05, 4.69) is 26.5 Å². The van der Waals surface area contributed by atoms with Gasteiger partial charge in [0, 0.05) is 43.9 Å². The fraction of sp³-hybridized carbons (Fsp3) is 0.348. The fourth-order valence-corrected chi connectivity index (χ4v) is 3.91. The summed E-state index contributed by atoms with van der Waals surface area (Å²) in [6.45, 7) is 4.67. The van der Waals surface area contributed by atoms with E-state index in [0.717, 1.165) is 49.8 Å². The Morgan fingerprint density at radius 2 is 2.00 bits per heavy atom. The number of H-pyrrole nitrogens is 1. The second-order valence-electron chi connectivity index (χ2n) is 7.62. The molecule has 9 heteroatoms. The van der Waals surface area contributed by atoms with Crippen LogP contribution in [0.1, 0.15) is 12.0 Å². The van der Waals surface area contributed by atoms with Gasteiger partial charge in [0.2, 0.25) is 5.91 Å². The summed E-state index contributed by atoms with van der Waals surface area (Å²) in [4.78, 5) is 15.0. The summed E-state index contributed by atoms with van der Waals surface area (Å²) in [7, 11) is 1.63. The van der Waals surface area contributed by atoms with Gasteiger partial charge in [0.15, 0.2) is 10.6 Å². The van der Waals surface area contributed by atoms with Crippen LogP contribution in [0.15, 0.2) is 48.5 Å². The Labute approximate surface area is 192 Å². The summed E-state index contributed by atoms with van der Waals surface area (Å²) in [5.41, 5.74) is 2.87. The lowest BCUT2D eigenvalue weighted by Crippen LogP contribution is -2.35. The minimum absolute atomic E-state index is 0.0719. The number of carbonyl (C=O) groups is 1. The van der Waals surface area contributed by atoms with Gasteiger partial charge in [0.25, 0.3) is 0 Å². The molecule has 0 saturated carbocycles. The van der Waals surface area contributed by atoms with Gasteiger partial charge >= 0.3 is 0 Å². The zero-order chi connectivity index (χ0) is 22.3. The predicted octanol–water partition coefficient (Wildman–Crippen LogP) is 3.48. The van der Waals surface area contributed by atoms with Gasteiger partial charge in [-0.1, -0.05) is 12.1 Å². The molecule has 0 aliphatic carbocycles. The van der Waals surface area contributed by atoms with Gasteiger partial charge in [-0.25, -0.2) is 0 Å². The maximum Gasteiger partial charge on any atom is 0.226 e. The van der Waals surface area contributed by atoms with Gasteiger partial charge < -0.3 is 14.8 Å². The van der Waals surface area contributed by atoms with Crippen molar-refractivity contribution in [3.05, 3.63) is 58.9 Å². The van der Waals surface area contributed by atoms with Gasteiger partial charge in [-0.05, 0) is 54.2 Å². The van der Waals surface area contributed by atoms with Crippen LogP contribution in [0, 0.1) is 4.77 Å². The third kappa shape index (κ3) is 5.61. The molecule has 1 aliphatic rings. The van der Waals surface area contributed by atoms with Crippen molar-refractivity contribution in [1.29, 1.82) is 0 Å². The number of benzene rings is 2. The molecule has 0 spiro atoms. The molecule has 1 amide bonds. The summed E-state index contributed by atoms with van der Waals surface area (Å²) >= 11 is 5.37. The molecular formula is C23H27N5O3S. The van der Waals surface area contributed by atoms with Crippen molar-refractivity contribution in [2.24, 2.45) is 0 Å². The number of methoxy groups -OCH3 is 1. The molecule has 1 fully saturated rings. The molecule has 2 N–H and O–H groups in total. The van der Waals surface area contributed by atoms with Gasteiger partial charge in [0.1, 0.15) is 5.75 Å². The predicted molar refractivity (Wildman–Crippen MR) is 125 cm³/mol. The number of rotatable bonds is 8. The van der Waals surface area contributed by atoms with Crippen LogP contribution in [-0.4, -0.2) is 59.0 Å². The van der Waals surface area contributed by atoms with E-state index in [-0.39, 0.29) is 12.3 Å². The summed E-state index contributed by atoms with van der Waals surface area (Å²) < 4.78 is 12.9. The number of nitrogens with zero attached hydrogens (tertiary/aromatic N) is 3. The molecule has 1 aliphatic heterocycles. The normalized spacial score (nSPS) is 14.3. The first kappa shape index (κ1) is 22.2. The van der Waals surface area contributed by atoms with Gasteiger partial charge in [-0.3, -0.25) is 19.4 Å². The van der Waals surface area contributed by atoms with Crippen LogP contribution in [0.25, 0.3) is 11.4 Å². The Balaban J connectivity index is 1.37. The highest BCUT2D eigenvalue weighted by Crippen LogP contribution is 2.21. The average molecular weight is 454 g/mol. The molecule has 4 rings (SSSR count). The van der Waals surface area contributed by atoms with E-state index in [1.54, 1.807) is 7.11 Å². The van der Waals surface area contributed by atoms with E-state index < -0.39 is 0 Å². The van der Waals surface area contributed by atoms with E-state index in [1.165, 1.54) is 5.56 Å². The maximum absolute atomic E-state index is 12.6. The van der Waals surface area contributed by atoms with Crippen LogP contribution >= 0.6 is 12.2 Å². The Kier molecular flexibility index (Phi) is 7.31. The number of hydrogen-bond donors (Lipinski definition) is 2. The summed E-state index contributed by atoms with van der Waals surface area (Å²) in [6, 6.07) is 15.6. The van der Waals surface area contributed by atoms with Crippen LogP contribution in [0.4, 0.5) is 5.69 Å². The smallest absolute Gasteiger partial charge is 0.226 e. The molecule has 0 bridgehead atoms. The van der Waals surface area contributed by atoms with Crippen molar-refractivity contribution in [3.63, 3.8) is 0 Å². The number of amides is 1. The average Bonchev–Trinajstić information content (AvgIpc) is 3.19. The second kappa shape index (κ2) is 10.5. The van der Waals surface area contributed by atoms with E-state index in [4.69, 9.17) is 21.7 Å². The molecule has 3 aromatic rings. The van der Waals surface area contributed by atoms with Crippen molar-refractivity contribution >= 4 is 23.8 Å². The molecule has 168 valence electrons. The molecule has 0 unspecified atom stereocenters. The Morgan fingerprint density at radius 1 is 1.22 bits per heavy atom. The molecule has 0 atom stereocenters. The van der Waals surface area contributed by atoms with Crippen molar-refractivity contribution in [2.75, 3.05) is 38.7 Å². The van der Waals surface area contributed by atoms with Crippen LogP contribution in [0.5, 0.6) is 5.75 Å². The number of aromatic nitrogens is 3. The van der Waals surface area contributed by atoms with Crippen molar-refractivity contribution in [2.45, 2.75) is 19.5 Å². The van der Waals surface area contributed by atoms with Crippen LogP contribution in [0.3, 0.4) is 0 Å². The third-order valence-corrected chi connectivity index (χ3v) is 5.70. The number of carbonyl (C=O) groups excluding carboxylic acids is 1. The number of hydrogen-bond acceptors (Lipinski definition) is 6. The molecule has 8 nitrogen and oxygen atoms in total. The highest BCUT2D eigenvalue weighted by molar-refractivity contribution is 7.71. The summed E-state index contributed by atoms with van der Waals surface area (Å²) in [5, 5.41) is 10.2. The molecule has 1 aromatic heterocycles. The highest BCUT2D eigenvalue weighted by Gasteiger charge is 2.13. The number of nitrogens with one attached hydrogen (secondary N) is 2. The van der Waals surface area contributed by atoms with E-state index in [0.29, 0.717) is 17.1 Å². The van der Waals surface area contributed by atoms with E-state index in [9.17, 15) is 4.79 Å². The van der Waals surface area contributed by atoms with Gasteiger partial charge in [0.05, 0.1) is 20.3 Å². The van der Waals surface area contributed by atoms with E-state index >= 15 is 0 Å². The molecule has 1 saturated heterocycles. The number of ether oxygens (including phenoxy) is 2. The third-order valence-electron chi connectivity index (χ3n) is 5.39. The number of aromatic amines is 1. The lowest BCUT2D eigenvalue weighted by Gasteiger charge is -2.26. The SMILES string of the molecule is COc1ccc(-c2n[nH]c(=S)n2CCC(=O)Nc2cccc(CN3CCOCC3)c2)cc1. The molecule has 0 radical (unpaired) electrons. The second-order valence-corrected chi connectivity index (χ2v) is 8.01. The maximum atomic E-state index is 12.6. The zero-order valence-corrected chi connectivity index (χ0v) is 18.9. The minimum atomic E-state index is -0.0719. The van der Waals surface area contributed by atoms with Crippen LogP contribution < -0.4 is 10.1 Å². The zero-order valence-electron chi connectivity index (χ0n) is 18.0. The Bertz CT molecular complexity index is 1100. The quantitative estimate of drug-likeness (QED) is 0.508. The molecule has 2 heterocycles. The van der Waals surface area contributed by atoms with Gasteiger partial charge in [-0.15, -0.1) is 0 Å². The fourth-order valence-electron chi connectivity index (χ4n) is 3.69. The lowest BCUT2D eigenvalue weighted by molar-refractivity contribution is -0.116. The Hall–Kier alpha value is -3.01. The Morgan fingerprint density at radius 3 is 2.75 bits per heavy atom.